The van der Waals surface area contributed by atoms with Gasteiger partial charge in [0, 0.05) is 17.8 Å². The average molecular weight is 332 g/mol. The Bertz CT molecular complexity index is 838. The van der Waals surface area contributed by atoms with E-state index >= 15 is 0 Å². The largest absolute Gasteiger partial charge is 0.497 e. The third-order valence-corrected chi connectivity index (χ3v) is 5.57. The van der Waals surface area contributed by atoms with E-state index in [2.05, 4.69) is 0 Å². The van der Waals surface area contributed by atoms with Gasteiger partial charge >= 0.3 is 10.3 Å². The fourth-order valence-electron chi connectivity index (χ4n) is 3.08. The van der Waals surface area contributed by atoms with E-state index in [0.29, 0.717) is 18.0 Å². The van der Waals surface area contributed by atoms with Crippen LogP contribution in [-0.4, -0.2) is 33.0 Å². The van der Waals surface area contributed by atoms with E-state index in [1.165, 1.54) is 4.31 Å². The summed E-state index contributed by atoms with van der Waals surface area (Å²) in [7, 11) is -2.20. The fourth-order valence-corrected chi connectivity index (χ4v) is 4.33. The second kappa shape index (κ2) is 5.14. The molecular formula is C16H16N2O4S. The molecule has 0 spiro atoms. The van der Waals surface area contributed by atoms with Gasteiger partial charge in [0.2, 0.25) is 0 Å². The normalized spacial score (nSPS) is 22.1. The first-order valence-corrected chi connectivity index (χ1v) is 8.64. The van der Waals surface area contributed by atoms with E-state index in [1.54, 1.807) is 19.2 Å². The Kier molecular flexibility index (Phi) is 3.21. The van der Waals surface area contributed by atoms with Gasteiger partial charge in [-0.3, -0.25) is 0 Å². The summed E-state index contributed by atoms with van der Waals surface area (Å²) < 4.78 is 36.7. The molecule has 2 aromatic carbocycles. The lowest BCUT2D eigenvalue weighted by atomic mass is 10.1. The van der Waals surface area contributed by atoms with E-state index in [9.17, 15) is 8.42 Å². The first kappa shape index (κ1) is 14.3. The highest BCUT2D eigenvalue weighted by molar-refractivity contribution is 7.84. The Hall–Kier alpha value is -2.25. The van der Waals surface area contributed by atoms with Crippen molar-refractivity contribution in [1.82, 2.24) is 4.31 Å². The molecule has 2 heterocycles. The van der Waals surface area contributed by atoms with Gasteiger partial charge in [-0.2, -0.15) is 8.42 Å². The number of anilines is 1. The van der Waals surface area contributed by atoms with Crippen LogP contribution in [0.15, 0.2) is 48.5 Å². The van der Waals surface area contributed by atoms with Crippen LogP contribution in [0.25, 0.3) is 0 Å². The van der Waals surface area contributed by atoms with E-state index in [-0.39, 0.29) is 12.7 Å². The molecule has 0 saturated carbocycles. The maximum absolute atomic E-state index is 12.4. The Morgan fingerprint density at radius 2 is 1.96 bits per heavy atom. The minimum Gasteiger partial charge on any atom is -0.497 e. The van der Waals surface area contributed by atoms with E-state index in [1.807, 2.05) is 41.3 Å². The maximum Gasteiger partial charge on any atom is 0.387 e. The summed E-state index contributed by atoms with van der Waals surface area (Å²) in [6.07, 6.45) is 0. The number of hydrogen-bond acceptors (Lipinski definition) is 5. The van der Waals surface area contributed by atoms with Crippen molar-refractivity contribution in [3.8, 4) is 11.5 Å². The van der Waals surface area contributed by atoms with Gasteiger partial charge < -0.3 is 13.8 Å². The molecule has 2 aliphatic heterocycles. The molecule has 1 fully saturated rings. The van der Waals surface area contributed by atoms with Crippen molar-refractivity contribution < 1.29 is 17.3 Å². The zero-order chi connectivity index (χ0) is 16.0. The highest BCUT2D eigenvalue weighted by atomic mass is 32.2. The summed E-state index contributed by atoms with van der Waals surface area (Å²) in [6, 6.07) is 14.7. The van der Waals surface area contributed by atoms with E-state index < -0.39 is 10.3 Å². The molecule has 2 aromatic rings. The van der Waals surface area contributed by atoms with Crippen LogP contribution in [-0.2, 0) is 10.3 Å². The molecule has 4 rings (SSSR count). The molecule has 0 radical (unpaired) electrons. The predicted molar refractivity (Wildman–Crippen MR) is 85.8 cm³/mol. The summed E-state index contributed by atoms with van der Waals surface area (Å²) in [5.41, 5.74) is 1.82. The lowest BCUT2D eigenvalue weighted by Gasteiger charge is -2.29. The molecule has 0 unspecified atom stereocenters. The second-order valence-corrected chi connectivity index (χ2v) is 7.04. The first-order chi connectivity index (χ1) is 11.1. The monoisotopic (exact) mass is 332 g/mol. The van der Waals surface area contributed by atoms with Gasteiger partial charge in [0.15, 0.2) is 0 Å². The van der Waals surface area contributed by atoms with Crippen molar-refractivity contribution >= 4 is 16.0 Å². The van der Waals surface area contributed by atoms with Gasteiger partial charge in [-0.25, -0.2) is 0 Å². The lowest BCUT2D eigenvalue weighted by molar-refractivity contribution is 0.320. The topological polar surface area (TPSA) is 59.1 Å². The minimum atomic E-state index is -3.78. The van der Waals surface area contributed by atoms with Gasteiger partial charge in [0.25, 0.3) is 0 Å². The Balaban J connectivity index is 1.76. The molecule has 7 heteroatoms. The summed E-state index contributed by atoms with van der Waals surface area (Å²) in [6.45, 7) is 0.848. The molecule has 2 aliphatic rings. The van der Waals surface area contributed by atoms with Crippen LogP contribution in [0.4, 0.5) is 5.69 Å². The number of methoxy groups -OCH3 is 1. The molecule has 0 amide bonds. The van der Waals surface area contributed by atoms with Crippen molar-refractivity contribution in [2.45, 2.75) is 6.04 Å². The van der Waals surface area contributed by atoms with Gasteiger partial charge in [-0.15, -0.1) is 4.31 Å². The number of fused-ring (bicyclic) bond motifs is 3. The summed E-state index contributed by atoms with van der Waals surface area (Å²) in [4.78, 5) is 2.03. The van der Waals surface area contributed by atoms with Crippen molar-refractivity contribution in [3.05, 3.63) is 54.1 Å². The number of rotatable bonds is 2. The number of nitrogens with zero attached hydrogens (tertiary/aromatic N) is 2. The second-order valence-electron chi connectivity index (χ2n) is 5.55. The first-order valence-electron chi connectivity index (χ1n) is 7.28. The Morgan fingerprint density at radius 1 is 1.17 bits per heavy atom. The van der Waals surface area contributed by atoms with Crippen molar-refractivity contribution in [2.75, 3.05) is 25.2 Å². The molecular weight excluding hydrogens is 316 g/mol. The maximum atomic E-state index is 12.4. The van der Waals surface area contributed by atoms with Gasteiger partial charge in [-0.05, 0) is 30.3 Å². The van der Waals surface area contributed by atoms with Crippen molar-refractivity contribution in [2.24, 2.45) is 0 Å². The number of benzene rings is 2. The molecule has 23 heavy (non-hydrogen) atoms. The highest BCUT2D eigenvalue weighted by Gasteiger charge is 2.45. The smallest absolute Gasteiger partial charge is 0.387 e. The number of ether oxygens (including phenoxy) is 1. The van der Waals surface area contributed by atoms with E-state index in [4.69, 9.17) is 8.92 Å². The third-order valence-electron chi connectivity index (χ3n) is 4.23. The Morgan fingerprint density at radius 3 is 2.70 bits per heavy atom. The molecule has 120 valence electrons. The van der Waals surface area contributed by atoms with Gasteiger partial charge in [0.1, 0.15) is 11.5 Å². The Labute approximate surface area is 135 Å². The van der Waals surface area contributed by atoms with Crippen LogP contribution >= 0.6 is 0 Å². The van der Waals surface area contributed by atoms with Gasteiger partial charge in [0.05, 0.1) is 19.8 Å². The molecule has 0 N–H and O–H groups in total. The fraction of sp³-hybridized carbons (Fsp3) is 0.250. The summed E-state index contributed by atoms with van der Waals surface area (Å²) >= 11 is 0. The number of hydrogen-bond donors (Lipinski definition) is 0. The van der Waals surface area contributed by atoms with Crippen LogP contribution in [0.5, 0.6) is 11.5 Å². The predicted octanol–water partition coefficient (Wildman–Crippen LogP) is 2.15. The average Bonchev–Trinajstić information content (AvgIpc) is 3.02. The van der Waals surface area contributed by atoms with Crippen LogP contribution < -0.4 is 13.8 Å². The standard InChI is InChI=1S/C16H16N2O4S/c1-21-13-7-8-16-14(9-13)15-10-17(12-5-3-2-4-6-12)11-18(15)23(19,20)22-16/h2-9,15H,10-11H2,1H3/t15-/m0/s1. The lowest BCUT2D eigenvalue weighted by Crippen LogP contribution is -2.39. The SMILES string of the molecule is COc1ccc2c(c1)[C@@H]1CN(c3ccccc3)CN1S(=O)(=O)O2. The van der Waals surface area contributed by atoms with Crippen molar-refractivity contribution in [3.63, 3.8) is 0 Å². The highest BCUT2D eigenvalue weighted by Crippen LogP contribution is 2.43. The third kappa shape index (κ3) is 2.32. The zero-order valence-corrected chi connectivity index (χ0v) is 13.4. The quantitative estimate of drug-likeness (QED) is 0.843. The van der Waals surface area contributed by atoms with Crippen LogP contribution in [0.3, 0.4) is 0 Å². The van der Waals surface area contributed by atoms with Crippen molar-refractivity contribution in [1.29, 1.82) is 0 Å². The summed E-state index contributed by atoms with van der Waals surface area (Å²) in [5, 5.41) is 0. The molecule has 1 saturated heterocycles. The zero-order valence-electron chi connectivity index (χ0n) is 12.5. The molecule has 6 nitrogen and oxygen atoms in total. The molecule has 0 aromatic heterocycles. The van der Waals surface area contributed by atoms with E-state index in [0.717, 1.165) is 11.3 Å². The molecule has 0 aliphatic carbocycles. The van der Waals surface area contributed by atoms with Crippen LogP contribution in [0.2, 0.25) is 0 Å². The molecule has 1 atom stereocenters. The van der Waals surface area contributed by atoms with Crippen LogP contribution in [0.1, 0.15) is 11.6 Å². The van der Waals surface area contributed by atoms with Crippen LogP contribution in [0, 0.1) is 0 Å². The minimum absolute atomic E-state index is 0.271. The summed E-state index contributed by atoms with van der Waals surface area (Å²) in [5.74, 6) is 1.06. The van der Waals surface area contributed by atoms with Gasteiger partial charge in [-0.1, -0.05) is 18.2 Å². The number of para-hydroxylation sites is 1. The molecule has 0 bridgehead atoms.